The Morgan fingerprint density at radius 3 is 2.46 bits per heavy atom. The van der Waals surface area contributed by atoms with Crippen molar-refractivity contribution < 1.29 is 23.4 Å². The molecule has 4 nitrogen and oxygen atoms in total. The number of hydrogen-bond donors (Lipinski definition) is 1. The minimum atomic E-state index is -0.800. The van der Waals surface area contributed by atoms with E-state index in [1.807, 2.05) is 23.1 Å². The Kier molecular flexibility index (Phi) is 5.52. The zero-order valence-corrected chi connectivity index (χ0v) is 14.5. The summed E-state index contributed by atoms with van der Waals surface area (Å²) in [5, 5.41) is 9.21. The molecule has 1 saturated heterocycles. The van der Waals surface area contributed by atoms with E-state index >= 15 is 0 Å². The van der Waals surface area contributed by atoms with Gasteiger partial charge in [-0.1, -0.05) is 24.3 Å². The SMILES string of the molecule is COc1ccccc1C(c1ccc(F)cc1F)N1CCC(C(=O)O)CC1. The van der Waals surface area contributed by atoms with Gasteiger partial charge in [-0.2, -0.15) is 0 Å². The van der Waals surface area contributed by atoms with Gasteiger partial charge in [-0.25, -0.2) is 8.78 Å². The fourth-order valence-corrected chi connectivity index (χ4v) is 3.58. The second-order valence-electron chi connectivity index (χ2n) is 6.46. The maximum Gasteiger partial charge on any atom is 0.306 e. The highest BCUT2D eigenvalue weighted by Crippen LogP contribution is 2.38. The fraction of sp³-hybridized carbons (Fsp3) is 0.350. The van der Waals surface area contributed by atoms with Crippen LogP contribution in [0.25, 0.3) is 0 Å². The maximum atomic E-state index is 14.6. The molecule has 1 unspecified atom stereocenters. The number of para-hydroxylation sites is 1. The van der Waals surface area contributed by atoms with Crippen LogP contribution in [0.5, 0.6) is 5.75 Å². The number of carboxylic acid groups (broad SMARTS) is 1. The van der Waals surface area contributed by atoms with E-state index in [4.69, 9.17) is 4.74 Å². The number of halogens is 2. The predicted molar refractivity (Wildman–Crippen MR) is 93.1 cm³/mol. The molecule has 0 spiro atoms. The summed E-state index contributed by atoms with van der Waals surface area (Å²) in [5.41, 5.74) is 1.12. The van der Waals surface area contributed by atoms with Crippen LogP contribution in [0.1, 0.15) is 30.0 Å². The van der Waals surface area contributed by atoms with Crippen LogP contribution in [-0.2, 0) is 4.79 Å². The Balaban J connectivity index is 2.01. The summed E-state index contributed by atoms with van der Waals surface area (Å²) >= 11 is 0. The maximum absolute atomic E-state index is 14.6. The van der Waals surface area contributed by atoms with Gasteiger partial charge in [0.05, 0.1) is 19.1 Å². The van der Waals surface area contributed by atoms with E-state index in [2.05, 4.69) is 0 Å². The minimum Gasteiger partial charge on any atom is -0.496 e. The molecular weight excluding hydrogens is 340 g/mol. The Morgan fingerprint density at radius 1 is 1.15 bits per heavy atom. The van der Waals surface area contributed by atoms with Gasteiger partial charge in [0.1, 0.15) is 17.4 Å². The first-order chi connectivity index (χ1) is 12.5. The molecule has 1 fully saturated rings. The van der Waals surface area contributed by atoms with Gasteiger partial charge in [0.25, 0.3) is 0 Å². The first-order valence-corrected chi connectivity index (χ1v) is 8.56. The van der Waals surface area contributed by atoms with Crippen LogP contribution in [0.4, 0.5) is 8.78 Å². The monoisotopic (exact) mass is 361 g/mol. The normalized spacial score (nSPS) is 17.0. The van der Waals surface area contributed by atoms with E-state index in [0.29, 0.717) is 37.2 Å². The molecule has 2 aromatic rings. The van der Waals surface area contributed by atoms with Crippen LogP contribution in [0.15, 0.2) is 42.5 Å². The Morgan fingerprint density at radius 2 is 1.85 bits per heavy atom. The van der Waals surface area contributed by atoms with E-state index in [9.17, 15) is 18.7 Å². The summed E-state index contributed by atoms with van der Waals surface area (Å²) in [7, 11) is 1.55. The number of methoxy groups -OCH3 is 1. The van der Waals surface area contributed by atoms with Crippen molar-refractivity contribution in [2.24, 2.45) is 5.92 Å². The van der Waals surface area contributed by atoms with E-state index < -0.39 is 23.6 Å². The lowest BCUT2D eigenvalue weighted by molar-refractivity contribution is -0.143. The quantitative estimate of drug-likeness (QED) is 0.879. The molecular formula is C20H21F2NO3. The fourth-order valence-electron chi connectivity index (χ4n) is 3.58. The summed E-state index contributed by atoms with van der Waals surface area (Å²) in [6.45, 7) is 1.02. The van der Waals surface area contributed by atoms with Gasteiger partial charge in [-0.15, -0.1) is 0 Å². The average molecular weight is 361 g/mol. The van der Waals surface area contributed by atoms with Crippen molar-refractivity contribution in [3.05, 3.63) is 65.2 Å². The number of benzene rings is 2. The van der Waals surface area contributed by atoms with Crippen molar-refractivity contribution in [3.63, 3.8) is 0 Å². The summed E-state index contributed by atoms with van der Waals surface area (Å²) in [6, 6.07) is 10.4. The molecule has 3 rings (SSSR count). The number of piperidine rings is 1. The van der Waals surface area contributed by atoms with Crippen LogP contribution in [0.2, 0.25) is 0 Å². The molecule has 1 aliphatic heterocycles. The Hall–Kier alpha value is -2.47. The molecule has 1 atom stereocenters. The third-order valence-electron chi connectivity index (χ3n) is 4.93. The number of ether oxygens (including phenoxy) is 1. The molecule has 1 aliphatic rings. The number of hydrogen-bond acceptors (Lipinski definition) is 3. The second kappa shape index (κ2) is 7.83. The lowest BCUT2D eigenvalue weighted by atomic mass is 9.90. The molecule has 0 aliphatic carbocycles. The van der Waals surface area contributed by atoms with Gasteiger partial charge in [0, 0.05) is 17.2 Å². The highest BCUT2D eigenvalue weighted by molar-refractivity contribution is 5.70. The third-order valence-corrected chi connectivity index (χ3v) is 4.93. The van der Waals surface area contributed by atoms with Crippen LogP contribution >= 0.6 is 0 Å². The van der Waals surface area contributed by atoms with Crippen LogP contribution in [0.3, 0.4) is 0 Å². The first-order valence-electron chi connectivity index (χ1n) is 8.56. The lowest BCUT2D eigenvalue weighted by Gasteiger charge is -2.37. The summed E-state index contributed by atoms with van der Waals surface area (Å²) in [4.78, 5) is 13.3. The van der Waals surface area contributed by atoms with E-state index in [-0.39, 0.29) is 5.92 Å². The van der Waals surface area contributed by atoms with E-state index in [1.54, 1.807) is 13.2 Å². The number of likely N-dealkylation sites (tertiary alicyclic amines) is 1. The largest absolute Gasteiger partial charge is 0.496 e. The highest BCUT2D eigenvalue weighted by atomic mass is 19.1. The van der Waals surface area contributed by atoms with Crippen LogP contribution in [-0.4, -0.2) is 36.2 Å². The number of carbonyl (C=O) groups is 1. The Labute approximate surface area is 151 Å². The van der Waals surface area contributed by atoms with Crippen molar-refractivity contribution in [1.29, 1.82) is 0 Å². The highest BCUT2D eigenvalue weighted by Gasteiger charge is 2.32. The molecule has 26 heavy (non-hydrogen) atoms. The van der Waals surface area contributed by atoms with Gasteiger partial charge in [0.15, 0.2) is 0 Å². The molecule has 6 heteroatoms. The number of carboxylic acids is 1. The number of aliphatic carboxylic acids is 1. The van der Waals surface area contributed by atoms with Crippen molar-refractivity contribution in [2.45, 2.75) is 18.9 Å². The second-order valence-corrected chi connectivity index (χ2v) is 6.46. The zero-order valence-electron chi connectivity index (χ0n) is 14.5. The van der Waals surface area contributed by atoms with Gasteiger partial charge in [-0.3, -0.25) is 9.69 Å². The topological polar surface area (TPSA) is 49.8 Å². The van der Waals surface area contributed by atoms with Gasteiger partial charge in [-0.05, 0) is 38.1 Å². The molecule has 0 amide bonds. The van der Waals surface area contributed by atoms with E-state index in [1.165, 1.54) is 12.1 Å². The number of rotatable bonds is 5. The van der Waals surface area contributed by atoms with Crippen molar-refractivity contribution in [2.75, 3.05) is 20.2 Å². The van der Waals surface area contributed by atoms with Crippen LogP contribution in [0, 0.1) is 17.6 Å². The molecule has 0 saturated carbocycles. The molecule has 1 heterocycles. The van der Waals surface area contributed by atoms with Gasteiger partial charge >= 0.3 is 5.97 Å². The molecule has 0 radical (unpaired) electrons. The van der Waals surface area contributed by atoms with Crippen molar-refractivity contribution >= 4 is 5.97 Å². The molecule has 138 valence electrons. The first kappa shape index (κ1) is 18.3. The van der Waals surface area contributed by atoms with Crippen LogP contribution < -0.4 is 4.74 Å². The molecule has 2 aromatic carbocycles. The Bertz CT molecular complexity index is 788. The lowest BCUT2D eigenvalue weighted by Crippen LogP contribution is -2.39. The smallest absolute Gasteiger partial charge is 0.306 e. The van der Waals surface area contributed by atoms with Crippen molar-refractivity contribution in [3.8, 4) is 5.75 Å². The molecule has 0 aromatic heterocycles. The zero-order chi connectivity index (χ0) is 18.7. The number of nitrogens with zero attached hydrogens (tertiary/aromatic N) is 1. The van der Waals surface area contributed by atoms with Gasteiger partial charge < -0.3 is 9.84 Å². The standard InChI is InChI=1S/C20H21F2NO3/c1-26-18-5-3-2-4-16(18)19(15-7-6-14(21)12-17(15)22)23-10-8-13(9-11-23)20(24)25/h2-7,12-13,19H,8-11H2,1H3,(H,24,25). The molecule has 1 N–H and O–H groups in total. The predicted octanol–water partition coefficient (Wildman–Crippen LogP) is 3.86. The van der Waals surface area contributed by atoms with Crippen molar-refractivity contribution in [1.82, 2.24) is 4.90 Å². The average Bonchev–Trinajstić information content (AvgIpc) is 2.64. The van der Waals surface area contributed by atoms with Gasteiger partial charge in [0.2, 0.25) is 0 Å². The third kappa shape index (κ3) is 3.70. The van der Waals surface area contributed by atoms with E-state index in [0.717, 1.165) is 11.6 Å². The minimum absolute atomic E-state index is 0.352. The molecule has 0 bridgehead atoms. The summed E-state index contributed by atoms with van der Waals surface area (Å²) < 4.78 is 33.4. The summed E-state index contributed by atoms with van der Waals surface area (Å²) in [5.74, 6) is -1.83. The summed E-state index contributed by atoms with van der Waals surface area (Å²) in [6.07, 6.45) is 0.980.